The van der Waals surface area contributed by atoms with Crippen LogP contribution in [0.1, 0.15) is 89.6 Å². The molecule has 0 spiro atoms. The topological polar surface area (TPSA) is 113 Å². The van der Waals surface area contributed by atoms with Crippen molar-refractivity contribution < 1.29 is 19.8 Å². The molecule has 2 bridgehead atoms. The fourth-order valence-electron chi connectivity index (χ4n) is 8.23. The number of halogens is 1. The third-order valence-corrected chi connectivity index (χ3v) is 10.8. The Kier molecular flexibility index (Phi) is 6.30. The van der Waals surface area contributed by atoms with Crippen molar-refractivity contribution in [3.63, 3.8) is 0 Å². The van der Waals surface area contributed by atoms with E-state index in [1.54, 1.807) is 6.07 Å². The van der Waals surface area contributed by atoms with E-state index in [4.69, 9.17) is 5.73 Å². The Labute approximate surface area is 231 Å². The van der Waals surface area contributed by atoms with Crippen LogP contribution in [0.3, 0.4) is 0 Å². The van der Waals surface area contributed by atoms with Gasteiger partial charge >= 0.3 is 0 Å². The summed E-state index contributed by atoms with van der Waals surface area (Å²) in [6.07, 6.45) is 9.27. The highest BCUT2D eigenvalue weighted by Gasteiger charge is 2.65. The van der Waals surface area contributed by atoms with Gasteiger partial charge in [0.1, 0.15) is 5.75 Å². The van der Waals surface area contributed by atoms with E-state index in [0.29, 0.717) is 42.7 Å². The first kappa shape index (κ1) is 25.2. The van der Waals surface area contributed by atoms with Crippen LogP contribution in [-0.4, -0.2) is 33.7 Å². The fourth-order valence-corrected chi connectivity index (χ4v) is 8.77. The van der Waals surface area contributed by atoms with Crippen molar-refractivity contribution in [1.29, 1.82) is 0 Å². The number of rotatable bonds is 5. The lowest BCUT2D eigenvalue weighted by molar-refractivity contribution is -0.172. The van der Waals surface area contributed by atoms with E-state index in [9.17, 15) is 19.8 Å². The normalized spacial score (nSPS) is 32.5. The van der Waals surface area contributed by atoms with E-state index in [-0.39, 0.29) is 29.2 Å². The molecule has 2 aromatic carbocycles. The van der Waals surface area contributed by atoms with Crippen molar-refractivity contribution in [3.05, 3.63) is 62.2 Å². The lowest BCUT2D eigenvalue weighted by Crippen LogP contribution is -2.68. The lowest BCUT2D eigenvalue weighted by Gasteiger charge is -2.64. The van der Waals surface area contributed by atoms with E-state index in [1.165, 1.54) is 19.3 Å². The van der Waals surface area contributed by atoms with Crippen molar-refractivity contribution in [1.82, 2.24) is 5.32 Å². The van der Waals surface area contributed by atoms with Gasteiger partial charge < -0.3 is 21.3 Å². The standard InChI is InChI=1S/C30H35IN2O4/c31-21-6-2-5-20(14-21)28(36)33-22-10-12-30(37)24-15-19-7-8-23(27(32)35)26(34)25(19)29(30,16-22)11-9-18(24)13-17-3-1-4-17/h2,5-8,14,17-18,22,24,34,37H,1,3-4,9-13,15-16H2,(H2,32,35)(H,33,36)/t18?,22?,24-,29?,30+/m0/s1. The van der Waals surface area contributed by atoms with Gasteiger partial charge in [-0.15, -0.1) is 0 Å². The van der Waals surface area contributed by atoms with Gasteiger partial charge in [-0.1, -0.05) is 31.4 Å². The number of carbonyl (C=O) groups excluding carboxylic acids is 2. The Morgan fingerprint density at radius 1 is 1.11 bits per heavy atom. The van der Waals surface area contributed by atoms with E-state index in [2.05, 4.69) is 27.9 Å². The molecule has 2 aromatic rings. The first-order chi connectivity index (χ1) is 17.7. The number of aliphatic hydroxyl groups is 1. The van der Waals surface area contributed by atoms with Crippen LogP contribution in [0.2, 0.25) is 0 Å². The molecule has 0 heterocycles. The minimum atomic E-state index is -0.982. The molecule has 3 saturated carbocycles. The van der Waals surface area contributed by atoms with Crippen LogP contribution >= 0.6 is 22.6 Å². The van der Waals surface area contributed by atoms with Crippen LogP contribution in [-0.2, 0) is 11.8 Å². The van der Waals surface area contributed by atoms with Gasteiger partial charge in [0.2, 0.25) is 0 Å². The Bertz CT molecular complexity index is 1260. The number of benzene rings is 2. The summed E-state index contributed by atoms with van der Waals surface area (Å²) in [5, 5.41) is 27.2. The molecule has 7 heteroatoms. The summed E-state index contributed by atoms with van der Waals surface area (Å²) in [6.45, 7) is 0. The number of nitrogens with two attached hydrogens (primary N) is 1. The highest BCUT2D eigenvalue weighted by Crippen LogP contribution is 2.65. The zero-order valence-electron chi connectivity index (χ0n) is 21.0. The molecular weight excluding hydrogens is 579 g/mol. The largest absolute Gasteiger partial charge is 0.507 e. The van der Waals surface area contributed by atoms with Crippen molar-refractivity contribution in [2.45, 2.75) is 81.3 Å². The highest BCUT2D eigenvalue weighted by atomic mass is 127. The molecule has 4 aliphatic rings. The zero-order valence-corrected chi connectivity index (χ0v) is 23.2. The molecule has 5 N–H and O–H groups in total. The SMILES string of the molecule is NC(=O)c1ccc2c(c1O)C13CCC(CC4CCC4)[C@H](C2)[C@]1(O)CCC(NC(=O)c1cccc(I)c1)C3. The number of hydrogen-bond acceptors (Lipinski definition) is 4. The molecule has 2 amide bonds. The molecular formula is C30H35IN2O4. The average molecular weight is 615 g/mol. The Balaban J connectivity index is 1.39. The molecule has 37 heavy (non-hydrogen) atoms. The molecule has 0 aliphatic heterocycles. The summed E-state index contributed by atoms with van der Waals surface area (Å²) in [5.74, 6) is 0.459. The molecule has 0 radical (unpaired) electrons. The first-order valence-electron chi connectivity index (χ1n) is 13.7. The van der Waals surface area contributed by atoms with Crippen LogP contribution < -0.4 is 11.1 Å². The fraction of sp³-hybridized carbons (Fsp3) is 0.533. The molecule has 196 valence electrons. The van der Waals surface area contributed by atoms with E-state index in [1.807, 2.05) is 30.3 Å². The van der Waals surface area contributed by atoms with Crippen molar-refractivity contribution in [2.24, 2.45) is 23.5 Å². The quantitative estimate of drug-likeness (QED) is 0.362. The van der Waals surface area contributed by atoms with Gasteiger partial charge in [0.25, 0.3) is 11.8 Å². The predicted molar refractivity (Wildman–Crippen MR) is 149 cm³/mol. The number of nitrogens with one attached hydrogen (secondary N) is 1. The summed E-state index contributed by atoms with van der Waals surface area (Å²) in [6, 6.07) is 10.9. The summed E-state index contributed by atoms with van der Waals surface area (Å²) in [5.41, 5.74) is 6.35. The summed E-state index contributed by atoms with van der Waals surface area (Å²) >= 11 is 2.20. The molecule has 0 aromatic heterocycles. The number of fused-ring (bicyclic) bond motifs is 1. The van der Waals surface area contributed by atoms with E-state index < -0.39 is 16.9 Å². The number of primary amides is 1. The van der Waals surface area contributed by atoms with Gasteiger partial charge in [-0.2, -0.15) is 0 Å². The van der Waals surface area contributed by atoms with Gasteiger partial charge in [-0.05, 0) is 115 Å². The number of phenols is 1. The van der Waals surface area contributed by atoms with Crippen molar-refractivity contribution in [2.75, 3.05) is 0 Å². The van der Waals surface area contributed by atoms with Crippen LogP contribution in [0.5, 0.6) is 5.75 Å². The van der Waals surface area contributed by atoms with Gasteiger partial charge in [0, 0.05) is 26.2 Å². The maximum absolute atomic E-state index is 13.2. The molecule has 0 saturated heterocycles. The minimum absolute atomic E-state index is 0.0797. The molecule has 3 unspecified atom stereocenters. The second-order valence-corrected chi connectivity index (χ2v) is 13.2. The molecule has 4 aliphatic carbocycles. The number of hydrogen-bond donors (Lipinski definition) is 4. The number of amides is 2. The smallest absolute Gasteiger partial charge is 0.252 e. The monoisotopic (exact) mass is 614 g/mol. The van der Waals surface area contributed by atoms with Crippen LogP contribution in [0.15, 0.2) is 36.4 Å². The van der Waals surface area contributed by atoms with Gasteiger partial charge in [-0.25, -0.2) is 0 Å². The second kappa shape index (κ2) is 9.26. The minimum Gasteiger partial charge on any atom is -0.507 e. The summed E-state index contributed by atoms with van der Waals surface area (Å²) in [4.78, 5) is 25.3. The molecule has 6 rings (SSSR count). The van der Waals surface area contributed by atoms with E-state index >= 15 is 0 Å². The third-order valence-electron chi connectivity index (χ3n) is 10.2. The first-order valence-corrected chi connectivity index (χ1v) is 14.7. The maximum atomic E-state index is 13.2. The Morgan fingerprint density at radius 3 is 2.62 bits per heavy atom. The van der Waals surface area contributed by atoms with Gasteiger partial charge in [-0.3, -0.25) is 9.59 Å². The van der Waals surface area contributed by atoms with Gasteiger partial charge in [0.05, 0.1) is 11.2 Å². The Hall–Kier alpha value is -2.13. The summed E-state index contributed by atoms with van der Waals surface area (Å²) in [7, 11) is 0. The average Bonchev–Trinajstić information content (AvgIpc) is 2.82. The third kappa shape index (κ3) is 3.99. The predicted octanol–water partition coefficient (Wildman–Crippen LogP) is 4.82. The molecule has 3 fully saturated rings. The number of aromatic hydroxyl groups is 1. The number of carbonyl (C=O) groups is 2. The van der Waals surface area contributed by atoms with Crippen LogP contribution in [0, 0.1) is 21.3 Å². The van der Waals surface area contributed by atoms with Crippen LogP contribution in [0.25, 0.3) is 0 Å². The van der Waals surface area contributed by atoms with Crippen LogP contribution in [0.4, 0.5) is 0 Å². The Morgan fingerprint density at radius 2 is 1.92 bits per heavy atom. The highest BCUT2D eigenvalue weighted by molar-refractivity contribution is 14.1. The zero-order chi connectivity index (χ0) is 25.9. The molecule has 6 nitrogen and oxygen atoms in total. The van der Waals surface area contributed by atoms with Crippen molar-refractivity contribution in [3.8, 4) is 5.75 Å². The lowest BCUT2D eigenvalue weighted by atomic mass is 9.43. The van der Waals surface area contributed by atoms with E-state index in [0.717, 1.165) is 34.3 Å². The van der Waals surface area contributed by atoms with Crippen molar-refractivity contribution >= 4 is 34.4 Å². The summed E-state index contributed by atoms with van der Waals surface area (Å²) < 4.78 is 1.000. The van der Waals surface area contributed by atoms with Gasteiger partial charge in [0.15, 0.2) is 0 Å². The maximum Gasteiger partial charge on any atom is 0.252 e. The second-order valence-electron chi connectivity index (χ2n) is 11.9. The molecule has 5 atom stereocenters.